The molecule has 9 heteroatoms. The monoisotopic (exact) mass is 466 g/mol. The molecule has 0 fully saturated rings. The molecule has 9 nitrogen and oxygen atoms in total. The van der Waals surface area contributed by atoms with Crippen molar-refractivity contribution in [2.45, 2.75) is 37.6 Å². The zero-order valence-electron chi connectivity index (χ0n) is 19.2. The average molecular weight is 466 g/mol. The van der Waals surface area contributed by atoms with Crippen LogP contribution in [0.4, 0.5) is 5.69 Å². The summed E-state index contributed by atoms with van der Waals surface area (Å²) in [5, 5.41) is 0. The molecule has 178 valence electrons. The Kier molecular flexibility index (Phi) is 6.76. The van der Waals surface area contributed by atoms with E-state index in [9.17, 15) is 19.2 Å². The first-order valence-corrected chi connectivity index (χ1v) is 10.9. The third-order valence-electron chi connectivity index (χ3n) is 6.32. The number of carbonyl (C=O) groups is 4. The van der Waals surface area contributed by atoms with Crippen molar-refractivity contribution in [3.63, 3.8) is 0 Å². The van der Waals surface area contributed by atoms with Crippen molar-refractivity contribution < 1.29 is 33.4 Å². The maximum absolute atomic E-state index is 14.1. The number of benzene rings is 2. The predicted molar refractivity (Wildman–Crippen MR) is 121 cm³/mol. The lowest BCUT2D eigenvalue weighted by atomic mass is 9.94. The number of rotatable bonds is 7. The van der Waals surface area contributed by atoms with Crippen molar-refractivity contribution in [1.82, 2.24) is 4.90 Å². The number of methoxy groups -OCH3 is 3. The van der Waals surface area contributed by atoms with Gasteiger partial charge in [-0.1, -0.05) is 30.3 Å². The standard InChI is InChI=1S/C25H26N2O7/c1-32-21(33-2)14-20(27-22(28)16-9-5-6-10-17(16)23(27)29)24(30)26-18-11-7-4-8-15(18)12-13-19(26)25(31)34-3/h4-11,19-21H,12-14H2,1-3H3. The van der Waals surface area contributed by atoms with Crippen LogP contribution in [0.5, 0.6) is 0 Å². The molecule has 0 spiro atoms. The van der Waals surface area contributed by atoms with E-state index in [4.69, 9.17) is 14.2 Å². The highest BCUT2D eigenvalue weighted by atomic mass is 16.7. The van der Waals surface area contributed by atoms with Crippen LogP contribution in [0.2, 0.25) is 0 Å². The van der Waals surface area contributed by atoms with E-state index in [1.54, 1.807) is 36.4 Å². The minimum absolute atomic E-state index is 0.107. The Morgan fingerprint density at radius 2 is 1.53 bits per heavy atom. The summed E-state index contributed by atoms with van der Waals surface area (Å²) in [6.07, 6.45) is -0.0442. The van der Waals surface area contributed by atoms with Crippen molar-refractivity contribution >= 4 is 29.4 Å². The van der Waals surface area contributed by atoms with Crippen LogP contribution in [0.3, 0.4) is 0 Å². The summed E-state index contributed by atoms with van der Waals surface area (Å²) in [5.74, 6) is -2.32. The summed E-state index contributed by atoms with van der Waals surface area (Å²) < 4.78 is 15.6. The molecule has 2 aromatic rings. The molecule has 0 aliphatic carbocycles. The second kappa shape index (κ2) is 9.74. The van der Waals surface area contributed by atoms with Gasteiger partial charge in [-0.25, -0.2) is 4.79 Å². The summed E-state index contributed by atoms with van der Waals surface area (Å²) in [5.41, 5.74) is 1.87. The van der Waals surface area contributed by atoms with Gasteiger partial charge in [-0.05, 0) is 36.6 Å². The predicted octanol–water partition coefficient (Wildman–Crippen LogP) is 2.18. The number of carbonyl (C=O) groups excluding carboxylic acids is 4. The highest BCUT2D eigenvalue weighted by Gasteiger charge is 2.47. The molecule has 0 saturated heterocycles. The third kappa shape index (κ3) is 3.97. The fourth-order valence-electron chi connectivity index (χ4n) is 4.62. The van der Waals surface area contributed by atoms with Gasteiger partial charge in [0.2, 0.25) is 0 Å². The second-order valence-electron chi connectivity index (χ2n) is 8.09. The first-order valence-electron chi connectivity index (χ1n) is 10.9. The van der Waals surface area contributed by atoms with Gasteiger partial charge in [-0.15, -0.1) is 0 Å². The van der Waals surface area contributed by atoms with Crippen LogP contribution in [0.25, 0.3) is 0 Å². The van der Waals surface area contributed by atoms with Gasteiger partial charge in [0, 0.05) is 26.3 Å². The first-order chi connectivity index (χ1) is 16.4. The van der Waals surface area contributed by atoms with E-state index >= 15 is 0 Å². The Labute approximate surface area is 197 Å². The van der Waals surface area contributed by atoms with Crippen LogP contribution in [0.15, 0.2) is 48.5 Å². The molecule has 0 radical (unpaired) electrons. The average Bonchev–Trinajstić information content (AvgIpc) is 3.13. The maximum Gasteiger partial charge on any atom is 0.328 e. The number of aryl methyl sites for hydroxylation is 1. The number of ether oxygens (including phenoxy) is 3. The molecular weight excluding hydrogens is 440 g/mol. The van der Waals surface area contributed by atoms with Crippen LogP contribution < -0.4 is 4.90 Å². The lowest BCUT2D eigenvalue weighted by Gasteiger charge is -2.39. The number of amides is 3. The minimum Gasteiger partial charge on any atom is -0.467 e. The highest BCUT2D eigenvalue weighted by molar-refractivity contribution is 6.23. The zero-order valence-corrected chi connectivity index (χ0v) is 19.2. The number of esters is 1. The summed E-state index contributed by atoms with van der Waals surface area (Å²) in [6, 6.07) is 11.5. The number of para-hydroxylation sites is 1. The Balaban J connectivity index is 1.80. The number of imide groups is 1. The summed E-state index contributed by atoms with van der Waals surface area (Å²) in [7, 11) is 4.08. The lowest BCUT2D eigenvalue weighted by molar-refractivity contribution is -0.145. The molecule has 0 bridgehead atoms. The fraction of sp³-hybridized carbons (Fsp3) is 0.360. The molecule has 0 aromatic heterocycles. The van der Waals surface area contributed by atoms with E-state index in [1.165, 1.54) is 26.2 Å². The van der Waals surface area contributed by atoms with E-state index in [1.807, 2.05) is 12.1 Å². The Hall–Kier alpha value is -3.56. The first kappa shape index (κ1) is 23.6. The smallest absolute Gasteiger partial charge is 0.328 e. The number of nitrogens with zero attached hydrogens (tertiary/aromatic N) is 2. The van der Waals surface area contributed by atoms with Gasteiger partial charge in [0.1, 0.15) is 12.1 Å². The van der Waals surface area contributed by atoms with Crippen LogP contribution in [-0.4, -0.2) is 68.3 Å². The fourth-order valence-corrected chi connectivity index (χ4v) is 4.62. The summed E-state index contributed by atoms with van der Waals surface area (Å²) >= 11 is 0. The molecule has 34 heavy (non-hydrogen) atoms. The van der Waals surface area contributed by atoms with Crippen molar-refractivity contribution in [3.05, 3.63) is 65.2 Å². The Morgan fingerprint density at radius 3 is 2.12 bits per heavy atom. The molecule has 3 amide bonds. The third-order valence-corrected chi connectivity index (χ3v) is 6.32. The minimum atomic E-state index is -1.27. The SMILES string of the molecule is COC(=O)C1CCc2ccccc2N1C(=O)C(CC(OC)OC)N1C(=O)c2ccccc2C1=O. The van der Waals surface area contributed by atoms with Gasteiger partial charge in [0.15, 0.2) is 6.29 Å². The van der Waals surface area contributed by atoms with E-state index in [2.05, 4.69) is 0 Å². The molecule has 2 aliphatic heterocycles. The van der Waals surface area contributed by atoms with E-state index < -0.39 is 42.1 Å². The van der Waals surface area contributed by atoms with Crippen LogP contribution in [0.1, 0.15) is 39.1 Å². The van der Waals surface area contributed by atoms with Crippen molar-refractivity contribution in [1.29, 1.82) is 0 Å². The lowest BCUT2D eigenvalue weighted by Crippen LogP contribution is -2.58. The molecular formula is C25H26N2O7. The van der Waals surface area contributed by atoms with Gasteiger partial charge in [-0.2, -0.15) is 0 Å². The normalized spacial score (nSPS) is 18.1. The van der Waals surface area contributed by atoms with Crippen LogP contribution in [0, 0.1) is 0 Å². The summed E-state index contributed by atoms with van der Waals surface area (Å²) in [4.78, 5) is 55.7. The highest BCUT2D eigenvalue weighted by Crippen LogP contribution is 2.34. The van der Waals surface area contributed by atoms with Crippen molar-refractivity contribution in [2.75, 3.05) is 26.2 Å². The molecule has 0 saturated carbocycles. The quantitative estimate of drug-likeness (QED) is 0.350. The maximum atomic E-state index is 14.1. The topological polar surface area (TPSA) is 102 Å². The van der Waals surface area contributed by atoms with E-state index in [0.717, 1.165) is 10.5 Å². The van der Waals surface area contributed by atoms with Gasteiger partial charge < -0.3 is 14.2 Å². The van der Waals surface area contributed by atoms with Crippen LogP contribution in [-0.2, 0) is 30.2 Å². The zero-order chi connectivity index (χ0) is 24.4. The largest absolute Gasteiger partial charge is 0.467 e. The molecule has 2 unspecified atom stereocenters. The van der Waals surface area contributed by atoms with Crippen LogP contribution >= 0.6 is 0 Å². The molecule has 2 atom stereocenters. The number of hydrogen-bond donors (Lipinski definition) is 0. The summed E-state index contributed by atoms with van der Waals surface area (Å²) in [6.45, 7) is 0. The van der Waals surface area contributed by atoms with Gasteiger partial charge in [0.05, 0.1) is 18.2 Å². The number of hydrogen-bond acceptors (Lipinski definition) is 7. The molecule has 2 heterocycles. The van der Waals surface area contributed by atoms with E-state index in [0.29, 0.717) is 18.5 Å². The number of fused-ring (bicyclic) bond motifs is 2. The van der Waals surface area contributed by atoms with E-state index in [-0.39, 0.29) is 17.5 Å². The number of anilines is 1. The Bertz CT molecular complexity index is 1090. The van der Waals surface area contributed by atoms with Gasteiger partial charge >= 0.3 is 5.97 Å². The van der Waals surface area contributed by atoms with Gasteiger partial charge in [-0.3, -0.25) is 24.2 Å². The van der Waals surface area contributed by atoms with Crippen molar-refractivity contribution in [2.24, 2.45) is 0 Å². The Morgan fingerprint density at radius 1 is 0.941 bits per heavy atom. The molecule has 0 N–H and O–H groups in total. The van der Waals surface area contributed by atoms with Crippen molar-refractivity contribution in [3.8, 4) is 0 Å². The van der Waals surface area contributed by atoms with Gasteiger partial charge in [0.25, 0.3) is 17.7 Å². The molecule has 4 rings (SSSR count). The second-order valence-corrected chi connectivity index (χ2v) is 8.09. The molecule has 2 aromatic carbocycles. The molecule has 2 aliphatic rings.